The van der Waals surface area contributed by atoms with Crippen LogP contribution in [0, 0.1) is 0 Å². The van der Waals surface area contributed by atoms with Gasteiger partial charge in [-0.2, -0.15) is 5.10 Å². The Bertz CT molecular complexity index is 768. The van der Waals surface area contributed by atoms with Crippen LogP contribution in [-0.4, -0.2) is 55.6 Å². The van der Waals surface area contributed by atoms with Crippen LogP contribution in [0.1, 0.15) is 15.9 Å². The van der Waals surface area contributed by atoms with E-state index in [9.17, 15) is 9.90 Å². The topological polar surface area (TPSA) is 65.4 Å². The summed E-state index contributed by atoms with van der Waals surface area (Å²) in [6, 6.07) is 14.9. The van der Waals surface area contributed by atoms with E-state index in [0.29, 0.717) is 5.56 Å². The van der Waals surface area contributed by atoms with Gasteiger partial charge < -0.3 is 14.7 Å². The molecule has 0 saturated carbocycles. The molecule has 2 aromatic carbocycles. The molecule has 3 rings (SSSR count). The summed E-state index contributed by atoms with van der Waals surface area (Å²) in [4.78, 5) is 13.5. The molecule has 0 aliphatic carbocycles. The molecule has 1 saturated heterocycles. The van der Waals surface area contributed by atoms with E-state index < -0.39 is 5.97 Å². The summed E-state index contributed by atoms with van der Waals surface area (Å²) in [6.45, 7) is 3.20. The van der Waals surface area contributed by atoms with Crippen LogP contribution >= 0.6 is 0 Å². The summed E-state index contributed by atoms with van der Waals surface area (Å²) in [5.41, 5.74) is 1.96. The highest BCUT2D eigenvalue weighted by Crippen LogP contribution is 2.28. The number of hydrazone groups is 1. The van der Waals surface area contributed by atoms with Crippen molar-refractivity contribution in [2.75, 3.05) is 38.2 Å². The number of para-hydroxylation sites is 2. The van der Waals surface area contributed by atoms with Crippen LogP contribution in [-0.2, 0) is 0 Å². The molecule has 0 amide bonds. The monoisotopic (exact) mass is 339 g/mol. The third-order valence-electron chi connectivity index (χ3n) is 4.23. The van der Waals surface area contributed by atoms with Crippen molar-refractivity contribution in [2.24, 2.45) is 5.10 Å². The molecule has 0 atom stereocenters. The molecular formula is C19H21N3O3. The van der Waals surface area contributed by atoms with E-state index in [0.717, 1.165) is 37.6 Å². The number of piperazine rings is 1. The summed E-state index contributed by atoms with van der Waals surface area (Å²) in [7, 11) is 1.68. The average molecular weight is 339 g/mol. The van der Waals surface area contributed by atoms with Gasteiger partial charge in [-0.25, -0.2) is 4.79 Å². The number of nitrogens with zero attached hydrogens (tertiary/aromatic N) is 3. The van der Waals surface area contributed by atoms with Gasteiger partial charge >= 0.3 is 5.97 Å². The second-order valence-electron chi connectivity index (χ2n) is 5.75. The van der Waals surface area contributed by atoms with Gasteiger partial charge in [0.15, 0.2) is 0 Å². The second kappa shape index (κ2) is 7.70. The Morgan fingerprint density at radius 1 is 1.08 bits per heavy atom. The highest BCUT2D eigenvalue weighted by molar-refractivity contribution is 5.98. The number of hydrogen-bond acceptors (Lipinski definition) is 5. The number of rotatable bonds is 5. The number of aromatic carboxylic acids is 1. The second-order valence-corrected chi connectivity index (χ2v) is 5.75. The maximum atomic E-state index is 11.2. The smallest absolute Gasteiger partial charge is 0.336 e. The van der Waals surface area contributed by atoms with Crippen LogP contribution in [0.25, 0.3) is 0 Å². The zero-order chi connectivity index (χ0) is 17.6. The van der Waals surface area contributed by atoms with Gasteiger partial charge in [0.05, 0.1) is 37.7 Å². The minimum atomic E-state index is -0.942. The molecule has 0 unspecified atom stereocenters. The van der Waals surface area contributed by atoms with Gasteiger partial charge in [-0.3, -0.25) is 5.01 Å². The third kappa shape index (κ3) is 3.91. The normalized spacial score (nSPS) is 14.8. The molecule has 130 valence electrons. The van der Waals surface area contributed by atoms with Gasteiger partial charge in [-0.1, -0.05) is 30.3 Å². The summed E-state index contributed by atoms with van der Waals surface area (Å²) in [6.07, 6.45) is 1.63. The lowest BCUT2D eigenvalue weighted by atomic mass is 10.1. The number of benzene rings is 2. The van der Waals surface area contributed by atoms with Crippen molar-refractivity contribution in [1.82, 2.24) is 5.01 Å². The van der Waals surface area contributed by atoms with Crippen LogP contribution in [0.4, 0.5) is 5.69 Å². The molecular weight excluding hydrogens is 318 g/mol. The predicted octanol–water partition coefficient (Wildman–Crippen LogP) is 2.55. The quantitative estimate of drug-likeness (QED) is 0.848. The van der Waals surface area contributed by atoms with Gasteiger partial charge in [-0.05, 0) is 18.2 Å². The van der Waals surface area contributed by atoms with Crippen molar-refractivity contribution >= 4 is 17.9 Å². The fraction of sp³-hybridized carbons (Fsp3) is 0.263. The molecule has 6 heteroatoms. The molecule has 1 fully saturated rings. The minimum absolute atomic E-state index is 0.263. The number of hydrogen-bond donors (Lipinski definition) is 1. The number of carboxylic acids is 1. The van der Waals surface area contributed by atoms with Crippen molar-refractivity contribution < 1.29 is 14.6 Å². The highest BCUT2D eigenvalue weighted by atomic mass is 16.5. The minimum Gasteiger partial charge on any atom is -0.495 e. The zero-order valence-electron chi connectivity index (χ0n) is 14.1. The molecule has 0 aromatic heterocycles. The zero-order valence-corrected chi connectivity index (χ0v) is 14.1. The third-order valence-corrected chi connectivity index (χ3v) is 4.23. The van der Waals surface area contributed by atoms with Gasteiger partial charge in [-0.15, -0.1) is 0 Å². The Labute approximate surface area is 146 Å². The Morgan fingerprint density at radius 2 is 1.76 bits per heavy atom. The van der Waals surface area contributed by atoms with Crippen molar-refractivity contribution in [3.63, 3.8) is 0 Å². The van der Waals surface area contributed by atoms with E-state index in [1.54, 1.807) is 31.5 Å². The van der Waals surface area contributed by atoms with E-state index in [4.69, 9.17) is 4.74 Å². The summed E-state index contributed by atoms with van der Waals surface area (Å²) in [5.74, 6) is -0.0714. The van der Waals surface area contributed by atoms with E-state index in [1.807, 2.05) is 29.3 Å². The van der Waals surface area contributed by atoms with E-state index in [2.05, 4.69) is 16.1 Å². The van der Waals surface area contributed by atoms with Crippen LogP contribution in [0.3, 0.4) is 0 Å². The SMILES string of the molecule is COc1ccccc1N1CCN(/N=C\c2ccccc2C(=O)O)CC1. The largest absolute Gasteiger partial charge is 0.495 e. The number of carboxylic acid groups (broad SMARTS) is 1. The maximum absolute atomic E-state index is 11.2. The lowest BCUT2D eigenvalue weighted by molar-refractivity contribution is 0.0696. The van der Waals surface area contributed by atoms with E-state index >= 15 is 0 Å². The first kappa shape index (κ1) is 16.8. The fourth-order valence-electron chi connectivity index (χ4n) is 2.89. The van der Waals surface area contributed by atoms with Crippen LogP contribution in [0.15, 0.2) is 53.6 Å². The van der Waals surface area contributed by atoms with Crippen LogP contribution in [0.5, 0.6) is 5.75 Å². The lowest BCUT2D eigenvalue weighted by Gasteiger charge is -2.35. The molecule has 1 N–H and O–H groups in total. The number of ether oxygens (including phenoxy) is 1. The first-order valence-corrected chi connectivity index (χ1v) is 8.18. The number of anilines is 1. The van der Waals surface area contributed by atoms with Crippen molar-refractivity contribution in [3.05, 3.63) is 59.7 Å². The number of carbonyl (C=O) groups is 1. The summed E-state index contributed by atoms with van der Waals surface area (Å²) in [5, 5.41) is 15.6. The molecule has 1 aliphatic heterocycles. The van der Waals surface area contributed by atoms with Crippen molar-refractivity contribution in [1.29, 1.82) is 0 Å². The van der Waals surface area contributed by atoms with Crippen LogP contribution in [0.2, 0.25) is 0 Å². The van der Waals surface area contributed by atoms with Gasteiger partial charge in [0.1, 0.15) is 5.75 Å². The number of methoxy groups -OCH3 is 1. The first-order chi connectivity index (χ1) is 12.2. The molecule has 0 spiro atoms. The van der Waals surface area contributed by atoms with Crippen molar-refractivity contribution in [2.45, 2.75) is 0 Å². The fourth-order valence-corrected chi connectivity index (χ4v) is 2.89. The van der Waals surface area contributed by atoms with E-state index in [1.165, 1.54) is 0 Å². The van der Waals surface area contributed by atoms with E-state index in [-0.39, 0.29) is 5.56 Å². The first-order valence-electron chi connectivity index (χ1n) is 8.18. The van der Waals surface area contributed by atoms with Gasteiger partial charge in [0.25, 0.3) is 0 Å². The van der Waals surface area contributed by atoms with Crippen molar-refractivity contribution in [3.8, 4) is 5.75 Å². The Morgan fingerprint density at radius 3 is 2.48 bits per heavy atom. The summed E-state index contributed by atoms with van der Waals surface area (Å²) >= 11 is 0. The van der Waals surface area contributed by atoms with Gasteiger partial charge in [0, 0.05) is 18.7 Å². The molecule has 0 bridgehead atoms. The lowest BCUT2D eigenvalue weighted by Crippen LogP contribution is -2.44. The Balaban J connectivity index is 1.64. The predicted molar refractivity (Wildman–Crippen MR) is 97.8 cm³/mol. The molecule has 0 radical (unpaired) electrons. The van der Waals surface area contributed by atoms with Gasteiger partial charge in [0.2, 0.25) is 0 Å². The average Bonchev–Trinajstić information content (AvgIpc) is 2.67. The molecule has 6 nitrogen and oxygen atoms in total. The van der Waals surface area contributed by atoms with Crippen LogP contribution < -0.4 is 9.64 Å². The molecule has 1 heterocycles. The standard InChI is InChI=1S/C19H21N3O3/c1-25-18-9-5-4-8-17(18)21-10-12-22(13-11-21)20-14-15-6-2-3-7-16(15)19(23)24/h2-9,14H,10-13H2,1H3,(H,23,24)/b20-14-. The molecule has 1 aliphatic rings. The highest BCUT2D eigenvalue weighted by Gasteiger charge is 2.18. The molecule has 25 heavy (non-hydrogen) atoms. The summed E-state index contributed by atoms with van der Waals surface area (Å²) < 4.78 is 5.43. The Kier molecular flexibility index (Phi) is 5.18. The molecule has 2 aromatic rings. The Hall–Kier alpha value is -3.02. The maximum Gasteiger partial charge on any atom is 0.336 e.